The van der Waals surface area contributed by atoms with Gasteiger partial charge in [0.2, 0.25) is 0 Å². The van der Waals surface area contributed by atoms with E-state index in [1.165, 1.54) is 44.3 Å². The molecule has 1 aliphatic carbocycles. The zero-order chi connectivity index (χ0) is 13.2. The van der Waals surface area contributed by atoms with Crippen molar-refractivity contribution in [3.63, 3.8) is 0 Å². The molecule has 2 unspecified atom stereocenters. The summed E-state index contributed by atoms with van der Waals surface area (Å²) in [6.45, 7) is 5.52. The number of nitrogens with two attached hydrogens (primary N) is 1. The highest BCUT2D eigenvalue weighted by Gasteiger charge is 2.43. The normalized spacial score (nSPS) is 41.5. The van der Waals surface area contributed by atoms with Crippen LogP contribution in [0.1, 0.15) is 52.4 Å². The van der Waals surface area contributed by atoms with Gasteiger partial charge in [0.1, 0.15) is 0 Å². The molecule has 2 aliphatic rings. The second-order valence-corrected chi connectivity index (χ2v) is 7.87. The first-order valence-corrected chi connectivity index (χ1v) is 8.71. The highest BCUT2D eigenvalue weighted by Crippen LogP contribution is 2.40. The van der Waals surface area contributed by atoms with Crippen molar-refractivity contribution in [2.75, 3.05) is 19.3 Å². The third kappa shape index (κ3) is 2.88. The van der Waals surface area contributed by atoms with Gasteiger partial charge in [0.25, 0.3) is 0 Å². The van der Waals surface area contributed by atoms with Gasteiger partial charge in [-0.3, -0.25) is 4.90 Å². The van der Waals surface area contributed by atoms with Gasteiger partial charge >= 0.3 is 0 Å². The Kier molecular flexibility index (Phi) is 5.01. The van der Waals surface area contributed by atoms with Crippen molar-refractivity contribution in [2.45, 2.75) is 69.2 Å². The molecule has 0 bridgehead atoms. The number of hydrogen-bond acceptors (Lipinski definition) is 3. The molecule has 0 amide bonds. The molecule has 0 aromatic rings. The lowest BCUT2D eigenvalue weighted by molar-refractivity contribution is 0.0624. The fourth-order valence-corrected chi connectivity index (χ4v) is 5.27. The third-order valence-corrected chi connectivity index (χ3v) is 6.81. The van der Waals surface area contributed by atoms with E-state index in [2.05, 4.69) is 37.6 Å². The van der Waals surface area contributed by atoms with Gasteiger partial charge in [0, 0.05) is 29.1 Å². The van der Waals surface area contributed by atoms with Crippen molar-refractivity contribution < 1.29 is 0 Å². The molecule has 2 fully saturated rings. The van der Waals surface area contributed by atoms with Crippen molar-refractivity contribution in [1.82, 2.24) is 4.90 Å². The summed E-state index contributed by atoms with van der Waals surface area (Å²) in [5.74, 6) is 2.22. The molecule has 1 saturated heterocycles. The summed E-state index contributed by atoms with van der Waals surface area (Å²) in [6, 6.07) is 0.780. The van der Waals surface area contributed by atoms with Crippen LogP contribution in [0.3, 0.4) is 0 Å². The zero-order valence-corrected chi connectivity index (χ0v) is 13.1. The summed E-state index contributed by atoms with van der Waals surface area (Å²) in [7, 11) is 2.34. The molecule has 2 rings (SSSR count). The maximum absolute atomic E-state index is 6.14. The number of thioether (sulfide) groups is 1. The Labute approximate surface area is 117 Å². The highest BCUT2D eigenvalue weighted by atomic mass is 32.2. The molecular weight excluding hydrogens is 240 g/mol. The number of likely N-dealkylation sites (N-methyl/N-ethyl adjacent to an activating group) is 1. The molecule has 0 spiro atoms. The molecule has 1 aliphatic heterocycles. The molecular formula is C15H30N2S. The SMILES string of the molecule is CCC1CCC(N(C)C2(CN)CSC(C)C2)CC1. The first-order valence-electron chi connectivity index (χ1n) is 7.66. The fourth-order valence-electron chi connectivity index (χ4n) is 3.81. The van der Waals surface area contributed by atoms with Crippen molar-refractivity contribution in [2.24, 2.45) is 11.7 Å². The van der Waals surface area contributed by atoms with E-state index in [0.29, 0.717) is 0 Å². The van der Waals surface area contributed by atoms with Crippen LogP contribution in [0.15, 0.2) is 0 Å². The first kappa shape index (κ1) is 14.7. The molecule has 0 aromatic heterocycles. The van der Waals surface area contributed by atoms with Crippen LogP contribution in [0.5, 0.6) is 0 Å². The zero-order valence-electron chi connectivity index (χ0n) is 12.3. The molecule has 2 nitrogen and oxygen atoms in total. The van der Waals surface area contributed by atoms with Gasteiger partial charge in [-0.15, -0.1) is 0 Å². The minimum atomic E-state index is 0.286. The quantitative estimate of drug-likeness (QED) is 0.851. The summed E-state index contributed by atoms with van der Waals surface area (Å²) < 4.78 is 0. The van der Waals surface area contributed by atoms with E-state index >= 15 is 0 Å². The van der Waals surface area contributed by atoms with Crippen LogP contribution in [-0.4, -0.2) is 41.1 Å². The van der Waals surface area contributed by atoms with Crippen LogP contribution in [-0.2, 0) is 0 Å². The predicted molar refractivity (Wildman–Crippen MR) is 82.1 cm³/mol. The van der Waals surface area contributed by atoms with E-state index in [0.717, 1.165) is 23.8 Å². The topological polar surface area (TPSA) is 29.3 Å². The van der Waals surface area contributed by atoms with Crippen molar-refractivity contribution in [1.29, 1.82) is 0 Å². The Morgan fingerprint density at radius 1 is 1.28 bits per heavy atom. The molecule has 2 atom stereocenters. The van der Waals surface area contributed by atoms with Gasteiger partial charge in [0.05, 0.1) is 0 Å². The summed E-state index contributed by atoms with van der Waals surface area (Å²) >= 11 is 2.10. The Balaban J connectivity index is 1.96. The Morgan fingerprint density at radius 3 is 2.39 bits per heavy atom. The monoisotopic (exact) mass is 270 g/mol. The van der Waals surface area contributed by atoms with Crippen LogP contribution in [0.25, 0.3) is 0 Å². The van der Waals surface area contributed by atoms with Crippen LogP contribution < -0.4 is 5.73 Å². The number of rotatable bonds is 4. The van der Waals surface area contributed by atoms with Crippen LogP contribution in [0, 0.1) is 5.92 Å². The Bertz CT molecular complexity index is 263. The van der Waals surface area contributed by atoms with Gasteiger partial charge < -0.3 is 5.73 Å². The Morgan fingerprint density at radius 2 is 1.94 bits per heavy atom. The molecule has 106 valence electrons. The second-order valence-electron chi connectivity index (χ2n) is 6.45. The van der Waals surface area contributed by atoms with E-state index in [1.807, 2.05) is 0 Å². The lowest BCUT2D eigenvalue weighted by atomic mass is 9.82. The maximum atomic E-state index is 6.14. The molecule has 1 heterocycles. The van der Waals surface area contributed by atoms with Crippen LogP contribution in [0.2, 0.25) is 0 Å². The lowest BCUT2D eigenvalue weighted by Gasteiger charge is -2.45. The summed E-state index contributed by atoms with van der Waals surface area (Å²) in [6.07, 6.45) is 8.26. The smallest absolute Gasteiger partial charge is 0.0432 e. The summed E-state index contributed by atoms with van der Waals surface area (Å²) in [5.41, 5.74) is 6.42. The standard InChI is InChI=1S/C15H30N2S/c1-4-13-5-7-14(8-6-13)17(3)15(10-16)9-12(2)18-11-15/h12-14H,4-11,16H2,1-3H3. The highest BCUT2D eigenvalue weighted by molar-refractivity contribution is 8.00. The average molecular weight is 270 g/mol. The lowest BCUT2D eigenvalue weighted by Crippen LogP contribution is -2.57. The van der Waals surface area contributed by atoms with E-state index in [9.17, 15) is 0 Å². The van der Waals surface area contributed by atoms with Crippen LogP contribution >= 0.6 is 11.8 Å². The minimum Gasteiger partial charge on any atom is -0.329 e. The van der Waals surface area contributed by atoms with Gasteiger partial charge in [-0.2, -0.15) is 11.8 Å². The Hall–Kier alpha value is 0.270. The van der Waals surface area contributed by atoms with Crippen LogP contribution in [0.4, 0.5) is 0 Å². The van der Waals surface area contributed by atoms with E-state index in [-0.39, 0.29) is 5.54 Å². The van der Waals surface area contributed by atoms with E-state index in [1.54, 1.807) is 0 Å². The maximum Gasteiger partial charge on any atom is 0.0432 e. The van der Waals surface area contributed by atoms with Crippen molar-refractivity contribution >= 4 is 11.8 Å². The second kappa shape index (κ2) is 6.15. The van der Waals surface area contributed by atoms with Gasteiger partial charge in [-0.25, -0.2) is 0 Å². The van der Waals surface area contributed by atoms with E-state index in [4.69, 9.17) is 5.73 Å². The first-order chi connectivity index (χ1) is 8.61. The van der Waals surface area contributed by atoms with Crippen molar-refractivity contribution in [3.8, 4) is 0 Å². The van der Waals surface area contributed by atoms with Crippen molar-refractivity contribution in [3.05, 3.63) is 0 Å². The van der Waals surface area contributed by atoms with Gasteiger partial charge in [-0.1, -0.05) is 20.3 Å². The molecule has 2 N–H and O–H groups in total. The predicted octanol–water partition coefficient (Wildman–Crippen LogP) is 3.11. The van der Waals surface area contributed by atoms with Gasteiger partial charge in [0.15, 0.2) is 0 Å². The fraction of sp³-hybridized carbons (Fsp3) is 1.00. The number of nitrogens with zero attached hydrogens (tertiary/aromatic N) is 1. The largest absolute Gasteiger partial charge is 0.329 e. The van der Waals surface area contributed by atoms with E-state index < -0.39 is 0 Å². The van der Waals surface area contributed by atoms with Gasteiger partial charge in [-0.05, 0) is 45.1 Å². The molecule has 18 heavy (non-hydrogen) atoms. The molecule has 3 heteroatoms. The summed E-state index contributed by atoms with van der Waals surface area (Å²) in [4.78, 5) is 2.66. The third-order valence-electron chi connectivity index (χ3n) is 5.37. The average Bonchev–Trinajstić information content (AvgIpc) is 2.81. The molecule has 1 saturated carbocycles. The minimum absolute atomic E-state index is 0.286. The number of hydrogen-bond donors (Lipinski definition) is 1. The summed E-state index contributed by atoms with van der Waals surface area (Å²) in [5, 5.41) is 0.781. The molecule has 0 radical (unpaired) electrons. The molecule has 0 aromatic carbocycles.